The van der Waals surface area contributed by atoms with Crippen LogP contribution in [-0.2, 0) is 9.53 Å². The molecule has 0 N–H and O–H groups in total. The van der Waals surface area contributed by atoms with Gasteiger partial charge in [-0.1, -0.05) is 90.4 Å². The number of rotatable bonds is 15. The summed E-state index contributed by atoms with van der Waals surface area (Å²) in [6, 6.07) is 0. The Kier molecular flexibility index (Phi) is 16.3. The van der Waals surface area contributed by atoms with E-state index in [1.807, 2.05) is 5.92 Å². The van der Waals surface area contributed by atoms with Gasteiger partial charge >= 0.3 is 5.97 Å². The third-order valence-electron chi connectivity index (χ3n) is 3.85. The van der Waals surface area contributed by atoms with Gasteiger partial charge in [0.15, 0.2) is 0 Å². The van der Waals surface area contributed by atoms with Crippen molar-refractivity contribution < 1.29 is 9.53 Å². The fourth-order valence-electron chi connectivity index (χ4n) is 2.50. The Morgan fingerprint density at radius 1 is 0.762 bits per heavy atom. The minimum absolute atomic E-state index is 0.473. The molecule has 0 aliphatic rings. The highest BCUT2D eigenvalue weighted by molar-refractivity contribution is 5.87. The summed E-state index contributed by atoms with van der Waals surface area (Å²) in [4.78, 5) is 10.7. The quantitative estimate of drug-likeness (QED) is 0.169. The normalized spacial score (nSPS) is 10.3. The SMILES string of the molecule is C#CC(=O)OCCCCCCCCCCCCCCCC. The standard InChI is InChI=1S/C19H34O2/c1-3-5-6-7-8-9-10-11-12-13-14-15-16-17-18-21-19(20)4-2/h2H,3,5-18H2,1H3. The lowest BCUT2D eigenvalue weighted by Crippen LogP contribution is -2.02. The lowest BCUT2D eigenvalue weighted by molar-refractivity contribution is -0.136. The van der Waals surface area contributed by atoms with Crippen LogP contribution in [0.25, 0.3) is 0 Å². The summed E-state index contributed by atoms with van der Waals surface area (Å²) in [5.74, 6) is 1.42. The first kappa shape index (κ1) is 20.0. The van der Waals surface area contributed by atoms with Gasteiger partial charge in [-0.3, -0.25) is 0 Å². The molecule has 0 radical (unpaired) electrons. The zero-order valence-corrected chi connectivity index (χ0v) is 14.0. The smallest absolute Gasteiger partial charge is 0.384 e. The molecule has 0 aromatic heterocycles. The zero-order chi connectivity index (χ0) is 15.6. The van der Waals surface area contributed by atoms with Crippen LogP contribution >= 0.6 is 0 Å². The molecule has 0 bridgehead atoms. The number of hydrogen-bond acceptors (Lipinski definition) is 2. The van der Waals surface area contributed by atoms with Crippen molar-refractivity contribution in [2.75, 3.05) is 6.61 Å². The molecule has 2 nitrogen and oxygen atoms in total. The van der Waals surface area contributed by atoms with Gasteiger partial charge in [0.2, 0.25) is 0 Å². The van der Waals surface area contributed by atoms with E-state index in [0.29, 0.717) is 6.61 Å². The van der Waals surface area contributed by atoms with Gasteiger partial charge in [-0.05, 0) is 6.42 Å². The molecule has 2 heteroatoms. The van der Waals surface area contributed by atoms with Gasteiger partial charge in [-0.2, -0.15) is 0 Å². The molecule has 0 aromatic carbocycles. The Labute approximate surface area is 132 Å². The maximum atomic E-state index is 10.7. The maximum Gasteiger partial charge on any atom is 0.384 e. The van der Waals surface area contributed by atoms with Crippen molar-refractivity contribution >= 4 is 5.97 Å². The lowest BCUT2D eigenvalue weighted by atomic mass is 10.0. The van der Waals surface area contributed by atoms with Crippen LogP contribution in [0.3, 0.4) is 0 Å². The largest absolute Gasteiger partial charge is 0.456 e. The van der Waals surface area contributed by atoms with Crippen molar-refractivity contribution in [1.29, 1.82) is 0 Å². The average molecular weight is 294 g/mol. The third-order valence-corrected chi connectivity index (χ3v) is 3.85. The molecule has 0 spiro atoms. The van der Waals surface area contributed by atoms with Gasteiger partial charge in [0, 0.05) is 5.92 Å². The maximum absolute atomic E-state index is 10.7. The van der Waals surface area contributed by atoms with Crippen LogP contribution in [0.1, 0.15) is 96.8 Å². The predicted molar refractivity (Wildman–Crippen MR) is 90.1 cm³/mol. The minimum Gasteiger partial charge on any atom is -0.456 e. The number of esters is 1. The molecular weight excluding hydrogens is 260 g/mol. The van der Waals surface area contributed by atoms with E-state index < -0.39 is 5.97 Å². The van der Waals surface area contributed by atoms with E-state index in [-0.39, 0.29) is 0 Å². The van der Waals surface area contributed by atoms with Crippen molar-refractivity contribution in [3.8, 4) is 12.3 Å². The molecule has 0 rings (SSSR count). The van der Waals surface area contributed by atoms with Crippen molar-refractivity contribution in [1.82, 2.24) is 0 Å². The highest BCUT2D eigenvalue weighted by atomic mass is 16.5. The van der Waals surface area contributed by atoms with Crippen molar-refractivity contribution in [2.45, 2.75) is 96.8 Å². The summed E-state index contributed by atoms with van der Waals surface area (Å²) in [7, 11) is 0. The Bertz CT molecular complexity index is 265. The molecule has 0 heterocycles. The number of terminal acetylenes is 1. The van der Waals surface area contributed by atoms with Gasteiger partial charge < -0.3 is 4.74 Å². The molecule has 0 aliphatic heterocycles. The Balaban J connectivity index is 3.00. The fourth-order valence-corrected chi connectivity index (χ4v) is 2.50. The predicted octanol–water partition coefficient (Wildman–Crippen LogP) is 5.64. The minimum atomic E-state index is -0.537. The Morgan fingerprint density at radius 2 is 1.14 bits per heavy atom. The van der Waals surface area contributed by atoms with Crippen LogP contribution < -0.4 is 0 Å². The highest BCUT2D eigenvalue weighted by Gasteiger charge is 1.96. The first-order valence-corrected chi connectivity index (χ1v) is 8.94. The third kappa shape index (κ3) is 17.0. The fraction of sp³-hybridized carbons (Fsp3) is 0.842. The highest BCUT2D eigenvalue weighted by Crippen LogP contribution is 2.12. The molecule has 21 heavy (non-hydrogen) atoms. The Morgan fingerprint density at radius 3 is 1.52 bits per heavy atom. The number of hydrogen-bond donors (Lipinski definition) is 0. The van der Waals surface area contributed by atoms with E-state index in [1.165, 1.54) is 77.0 Å². The van der Waals surface area contributed by atoms with E-state index in [2.05, 4.69) is 6.92 Å². The van der Waals surface area contributed by atoms with E-state index in [1.54, 1.807) is 0 Å². The van der Waals surface area contributed by atoms with Gasteiger partial charge in [-0.25, -0.2) is 4.79 Å². The number of carbonyl (C=O) groups excluding carboxylic acids is 1. The molecule has 122 valence electrons. The zero-order valence-electron chi connectivity index (χ0n) is 14.0. The van der Waals surface area contributed by atoms with E-state index in [0.717, 1.165) is 12.8 Å². The summed E-state index contributed by atoms with van der Waals surface area (Å²) in [5.41, 5.74) is 0. The molecule has 0 aliphatic carbocycles. The van der Waals surface area contributed by atoms with Crippen LogP contribution in [0.5, 0.6) is 0 Å². The second-order valence-electron chi connectivity index (χ2n) is 5.88. The summed E-state index contributed by atoms with van der Waals surface area (Å²) < 4.78 is 4.82. The molecule has 0 atom stereocenters. The average Bonchev–Trinajstić information content (AvgIpc) is 2.50. The van der Waals surface area contributed by atoms with E-state index in [9.17, 15) is 4.79 Å². The van der Waals surface area contributed by atoms with E-state index in [4.69, 9.17) is 11.2 Å². The van der Waals surface area contributed by atoms with Gasteiger partial charge in [0.1, 0.15) is 0 Å². The van der Waals surface area contributed by atoms with Gasteiger partial charge in [-0.15, -0.1) is 6.42 Å². The summed E-state index contributed by atoms with van der Waals surface area (Å²) in [6.07, 6.45) is 23.5. The summed E-state index contributed by atoms with van der Waals surface area (Å²) >= 11 is 0. The van der Waals surface area contributed by atoms with Crippen LogP contribution in [0.2, 0.25) is 0 Å². The van der Waals surface area contributed by atoms with Crippen molar-refractivity contribution in [3.63, 3.8) is 0 Å². The number of ether oxygens (including phenoxy) is 1. The molecule has 0 unspecified atom stereocenters. The van der Waals surface area contributed by atoms with Crippen molar-refractivity contribution in [2.24, 2.45) is 0 Å². The van der Waals surface area contributed by atoms with Crippen LogP contribution in [0.15, 0.2) is 0 Å². The second-order valence-corrected chi connectivity index (χ2v) is 5.88. The summed E-state index contributed by atoms with van der Waals surface area (Å²) in [6.45, 7) is 2.74. The number of carbonyl (C=O) groups is 1. The first-order chi connectivity index (χ1) is 10.3. The van der Waals surface area contributed by atoms with E-state index >= 15 is 0 Å². The summed E-state index contributed by atoms with van der Waals surface area (Å²) in [5, 5.41) is 0. The van der Waals surface area contributed by atoms with Gasteiger partial charge in [0.05, 0.1) is 6.61 Å². The lowest BCUT2D eigenvalue weighted by Gasteiger charge is -2.03. The van der Waals surface area contributed by atoms with Crippen molar-refractivity contribution in [3.05, 3.63) is 0 Å². The monoisotopic (exact) mass is 294 g/mol. The molecule has 0 amide bonds. The van der Waals surface area contributed by atoms with Crippen LogP contribution in [0, 0.1) is 12.3 Å². The van der Waals surface area contributed by atoms with Crippen LogP contribution in [0.4, 0.5) is 0 Å². The molecular formula is C19H34O2. The Hall–Kier alpha value is -0.970. The second kappa shape index (κ2) is 17.1. The van der Waals surface area contributed by atoms with Crippen LogP contribution in [-0.4, -0.2) is 12.6 Å². The molecule has 0 fully saturated rings. The topological polar surface area (TPSA) is 26.3 Å². The van der Waals surface area contributed by atoms with Gasteiger partial charge in [0.25, 0.3) is 0 Å². The molecule has 0 aromatic rings. The molecule has 0 saturated carbocycles. The number of unbranched alkanes of at least 4 members (excludes halogenated alkanes) is 13. The first-order valence-electron chi connectivity index (χ1n) is 8.94. The molecule has 0 saturated heterocycles.